The van der Waals surface area contributed by atoms with Gasteiger partial charge < -0.3 is 19.6 Å². The number of aliphatic hydroxyl groups excluding tert-OH is 1. The molecule has 156 valence electrons. The van der Waals surface area contributed by atoms with Crippen molar-refractivity contribution in [3.8, 4) is 5.75 Å². The number of likely N-dealkylation sites (N-methyl/N-ethyl adjacent to an activating group) is 1. The quantitative estimate of drug-likeness (QED) is 0.648. The van der Waals surface area contributed by atoms with Gasteiger partial charge in [-0.15, -0.1) is 0 Å². The fraction of sp³-hybridized carbons (Fsp3) is 0.320. The van der Waals surface area contributed by atoms with Gasteiger partial charge in [0, 0.05) is 31.6 Å². The van der Waals surface area contributed by atoms with Crippen molar-refractivity contribution in [2.45, 2.75) is 6.92 Å². The zero-order chi connectivity index (χ0) is 20.8. The fourth-order valence-corrected chi connectivity index (χ4v) is 3.86. The monoisotopic (exact) mass is 403 g/mol. The molecule has 1 aliphatic heterocycles. The molecule has 0 amide bonds. The minimum absolute atomic E-state index is 0.0103. The molecule has 5 nitrogen and oxygen atoms in total. The number of ether oxygens (including phenoxy) is 1. The molecule has 0 spiro atoms. The zero-order valence-corrected chi connectivity index (χ0v) is 17.5. The maximum atomic E-state index is 8.94. The molecule has 2 heterocycles. The van der Waals surface area contributed by atoms with Crippen LogP contribution in [0.15, 0.2) is 54.6 Å². The Morgan fingerprint density at radius 3 is 2.63 bits per heavy atom. The molecule has 1 aliphatic rings. The number of benzene rings is 2. The number of hydrogen-bond donors (Lipinski definition) is 1. The van der Waals surface area contributed by atoms with Crippen molar-refractivity contribution in [2.75, 3.05) is 50.8 Å². The van der Waals surface area contributed by atoms with Crippen LogP contribution in [0.4, 0.5) is 5.82 Å². The number of anilines is 1. The van der Waals surface area contributed by atoms with Gasteiger partial charge in [-0.2, -0.15) is 0 Å². The molecule has 5 heteroatoms. The predicted octanol–water partition coefficient (Wildman–Crippen LogP) is 3.92. The van der Waals surface area contributed by atoms with Crippen molar-refractivity contribution in [3.63, 3.8) is 0 Å². The first kappa shape index (κ1) is 20.4. The number of piperazine rings is 1. The number of fused-ring (bicyclic) bond motifs is 1. The molecule has 2 aromatic carbocycles. The molecule has 0 unspecified atom stereocenters. The first-order valence-electron chi connectivity index (χ1n) is 10.7. The summed E-state index contributed by atoms with van der Waals surface area (Å²) in [5.41, 5.74) is 1.99. The first-order chi connectivity index (χ1) is 14.8. The van der Waals surface area contributed by atoms with Crippen LogP contribution in [0.2, 0.25) is 0 Å². The van der Waals surface area contributed by atoms with E-state index in [0.29, 0.717) is 6.61 Å². The van der Waals surface area contributed by atoms with Crippen LogP contribution in [0.25, 0.3) is 22.9 Å². The smallest absolute Gasteiger partial charge is 0.137 e. The Balaban J connectivity index is 1.61. The van der Waals surface area contributed by atoms with E-state index in [2.05, 4.69) is 59.2 Å². The third kappa shape index (κ3) is 4.81. The van der Waals surface area contributed by atoms with Crippen LogP contribution < -0.4 is 9.64 Å². The van der Waals surface area contributed by atoms with Gasteiger partial charge in [0.2, 0.25) is 0 Å². The van der Waals surface area contributed by atoms with Gasteiger partial charge in [-0.1, -0.05) is 49.4 Å². The average Bonchev–Trinajstić information content (AvgIpc) is 2.81. The Hall–Kier alpha value is -2.89. The molecule has 1 fully saturated rings. The zero-order valence-electron chi connectivity index (χ0n) is 17.5. The lowest BCUT2D eigenvalue weighted by molar-refractivity contribution is 0.201. The summed E-state index contributed by atoms with van der Waals surface area (Å²) in [6, 6.07) is 18.5. The second kappa shape index (κ2) is 9.74. The van der Waals surface area contributed by atoms with Gasteiger partial charge in [0.15, 0.2) is 0 Å². The van der Waals surface area contributed by atoms with Crippen LogP contribution in [0.5, 0.6) is 5.75 Å². The number of rotatable bonds is 7. The van der Waals surface area contributed by atoms with Crippen LogP contribution in [0, 0.1) is 0 Å². The fourth-order valence-electron chi connectivity index (χ4n) is 3.86. The molecule has 0 atom stereocenters. The first-order valence-corrected chi connectivity index (χ1v) is 10.7. The molecule has 0 saturated carbocycles. The molecule has 0 bridgehead atoms. The van der Waals surface area contributed by atoms with Gasteiger partial charge in [0.25, 0.3) is 0 Å². The number of nitrogens with zero attached hydrogens (tertiary/aromatic N) is 3. The molecule has 0 aliphatic carbocycles. The Morgan fingerprint density at radius 1 is 1.00 bits per heavy atom. The molecule has 3 aromatic rings. The summed E-state index contributed by atoms with van der Waals surface area (Å²) >= 11 is 0. The molecule has 1 aromatic heterocycles. The van der Waals surface area contributed by atoms with Crippen LogP contribution in [0.1, 0.15) is 18.2 Å². The minimum Gasteiger partial charge on any atom is -0.491 e. The summed E-state index contributed by atoms with van der Waals surface area (Å²) in [7, 11) is 0. The highest BCUT2D eigenvalue weighted by atomic mass is 16.5. The van der Waals surface area contributed by atoms with Crippen molar-refractivity contribution >= 4 is 28.7 Å². The van der Waals surface area contributed by atoms with Crippen LogP contribution >= 0.6 is 0 Å². The summed E-state index contributed by atoms with van der Waals surface area (Å²) in [6.07, 6.45) is 4.12. The van der Waals surface area contributed by atoms with Gasteiger partial charge >= 0.3 is 0 Å². The molecule has 4 rings (SSSR count). The standard InChI is InChI=1S/C25H29N3O2/c1-2-27-12-14-28(15-13-27)25-24-9-4-3-7-21(24)19-22(26-25)11-10-20-6-5-8-23(18-20)30-17-16-29/h3-11,18-19,29H,2,12-17H2,1H3/b11-10+. The van der Waals surface area contributed by atoms with E-state index < -0.39 is 0 Å². The Labute approximate surface area is 178 Å². The van der Waals surface area contributed by atoms with Crippen molar-refractivity contribution in [3.05, 3.63) is 65.9 Å². The van der Waals surface area contributed by atoms with Gasteiger partial charge in [0.1, 0.15) is 18.2 Å². The summed E-state index contributed by atoms with van der Waals surface area (Å²) < 4.78 is 5.51. The summed E-state index contributed by atoms with van der Waals surface area (Å²) in [4.78, 5) is 9.91. The largest absolute Gasteiger partial charge is 0.491 e. The maximum absolute atomic E-state index is 8.94. The molecule has 1 N–H and O–H groups in total. The van der Waals surface area contributed by atoms with E-state index in [-0.39, 0.29) is 6.61 Å². The lowest BCUT2D eigenvalue weighted by atomic mass is 10.1. The topological polar surface area (TPSA) is 48.8 Å². The van der Waals surface area contributed by atoms with E-state index in [4.69, 9.17) is 14.8 Å². The SMILES string of the molecule is CCN1CCN(c2nc(/C=C/c3cccc(OCCO)c3)cc3ccccc23)CC1. The molecule has 0 radical (unpaired) electrons. The number of aliphatic hydroxyl groups is 1. The normalized spacial score (nSPS) is 15.2. The van der Waals surface area contributed by atoms with Crippen LogP contribution in [-0.4, -0.2) is 60.9 Å². The van der Waals surface area contributed by atoms with Gasteiger partial charge in [0.05, 0.1) is 12.3 Å². The number of pyridine rings is 1. The predicted molar refractivity (Wildman–Crippen MR) is 124 cm³/mol. The lowest BCUT2D eigenvalue weighted by Gasteiger charge is -2.35. The van der Waals surface area contributed by atoms with Gasteiger partial charge in [-0.3, -0.25) is 0 Å². The van der Waals surface area contributed by atoms with E-state index >= 15 is 0 Å². The Morgan fingerprint density at radius 2 is 1.83 bits per heavy atom. The van der Waals surface area contributed by atoms with E-state index in [0.717, 1.165) is 55.5 Å². The third-order valence-electron chi connectivity index (χ3n) is 5.52. The maximum Gasteiger partial charge on any atom is 0.137 e. The van der Waals surface area contributed by atoms with Crippen molar-refractivity contribution < 1.29 is 9.84 Å². The van der Waals surface area contributed by atoms with Crippen LogP contribution in [-0.2, 0) is 0 Å². The van der Waals surface area contributed by atoms with Crippen molar-refractivity contribution in [1.29, 1.82) is 0 Å². The summed E-state index contributed by atoms with van der Waals surface area (Å²) in [5, 5.41) is 11.4. The molecular weight excluding hydrogens is 374 g/mol. The van der Waals surface area contributed by atoms with Crippen LogP contribution in [0.3, 0.4) is 0 Å². The Bertz CT molecular complexity index is 1010. The van der Waals surface area contributed by atoms with E-state index in [9.17, 15) is 0 Å². The van der Waals surface area contributed by atoms with E-state index in [1.807, 2.05) is 24.3 Å². The second-order valence-electron chi connectivity index (χ2n) is 7.49. The average molecular weight is 404 g/mol. The number of hydrogen-bond acceptors (Lipinski definition) is 5. The van der Waals surface area contributed by atoms with E-state index in [1.54, 1.807) is 0 Å². The molecular formula is C25H29N3O2. The molecule has 30 heavy (non-hydrogen) atoms. The summed E-state index contributed by atoms with van der Waals surface area (Å²) in [6.45, 7) is 7.79. The minimum atomic E-state index is 0.0103. The second-order valence-corrected chi connectivity index (χ2v) is 7.49. The number of aromatic nitrogens is 1. The van der Waals surface area contributed by atoms with Gasteiger partial charge in [-0.25, -0.2) is 4.98 Å². The molecule has 1 saturated heterocycles. The highest BCUT2D eigenvalue weighted by Gasteiger charge is 2.19. The van der Waals surface area contributed by atoms with Gasteiger partial charge in [-0.05, 0) is 41.8 Å². The van der Waals surface area contributed by atoms with E-state index in [1.165, 1.54) is 10.8 Å². The summed E-state index contributed by atoms with van der Waals surface area (Å²) in [5.74, 6) is 1.83. The van der Waals surface area contributed by atoms with Crippen molar-refractivity contribution in [2.24, 2.45) is 0 Å². The van der Waals surface area contributed by atoms with Crippen molar-refractivity contribution in [1.82, 2.24) is 9.88 Å². The Kier molecular flexibility index (Phi) is 6.62. The highest BCUT2D eigenvalue weighted by molar-refractivity contribution is 5.94. The third-order valence-corrected chi connectivity index (χ3v) is 5.52. The highest BCUT2D eigenvalue weighted by Crippen LogP contribution is 2.27. The lowest BCUT2D eigenvalue weighted by Crippen LogP contribution is -2.46.